The van der Waals surface area contributed by atoms with Crippen LogP contribution in [-0.4, -0.2) is 18.1 Å². The highest BCUT2D eigenvalue weighted by atomic mass is 19.1. The van der Waals surface area contributed by atoms with Crippen molar-refractivity contribution in [2.24, 2.45) is 5.92 Å². The van der Waals surface area contributed by atoms with Crippen LogP contribution in [-0.2, 0) is 0 Å². The molecule has 0 fully saturated rings. The summed E-state index contributed by atoms with van der Waals surface area (Å²) in [5, 5.41) is 2.71. The van der Waals surface area contributed by atoms with Gasteiger partial charge in [-0.1, -0.05) is 13.8 Å². The Morgan fingerprint density at radius 3 is 2.65 bits per heavy atom. The molecular weight excluding hydrogens is 226 g/mol. The molecule has 0 aliphatic carbocycles. The maximum absolute atomic E-state index is 13.3. The number of anilines is 1. The van der Waals surface area contributed by atoms with Crippen LogP contribution in [0.5, 0.6) is 5.88 Å². The Balaban J connectivity index is 2.73. The molecule has 0 saturated heterocycles. The van der Waals surface area contributed by atoms with Crippen LogP contribution in [0.4, 0.5) is 14.6 Å². The van der Waals surface area contributed by atoms with Crippen molar-refractivity contribution in [1.82, 2.24) is 4.98 Å². The predicted molar refractivity (Wildman–Crippen MR) is 63.3 cm³/mol. The molecule has 0 bridgehead atoms. The minimum atomic E-state index is -0.770. The van der Waals surface area contributed by atoms with E-state index in [0.29, 0.717) is 19.1 Å². The van der Waals surface area contributed by atoms with Crippen LogP contribution in [0.25, 0.3) is 0 Å². The van der Waals surface area contributed by atoms with Crippen LogP contribution >= 0.6 is 0 Å². The smallest absolute Gasteiger partial charge is 0.252 e. The minimum Gasteiger partial charge on any atom is -0.476 e. The summed E-state index contributed by atoms with van der Waals surface area (Å²) in [6.07, 6.45) is 0.801. The maximum Gasteiger partial charge on any atom is 0.252 e. The second-order valence-electron chi connectivity index (χ2n) is 4.17. The minimum absolute atomic E-state index is 0.0217. The molecule has 0 atom stereocenters. The van der Waals surface area contributed by atoms with E-state index >= 15 is 0 Å². The van der Waals surface area contributed by atoms with Gasteiger partial charge in [-0.05, 0) is 19.3 Å². The van der Waals surface area contributed by atoms with Gasteiger partial charge in [-0.2, -0.15) is 4.98 Å². The second-order valence-corrected chi connectivity index (χ2v) is 4.17. The molecule has 96 valence electrons. The summed E-state index contributed by atoms with van der Waals surface area (Å²) in [5.41, 5.74) is 0. The first-order valence-electron chi connectivity index (χ1n) is 5.77. The number of pyridine rings is 1. The van der Waals surface area contributed by atoms with Gasteiger partial charge in [0.2, 0.25) is 0 Å². The molecule has 1 heterocycles. The van der Waals surface area contributed by atoms with Crippen molar-refractivity contribution in [3.05, 3.63) is 17.7 Å². The van der Waals surface area contributed by atoms with E-state index in [1.807, 2.05) is 20.8 Å². The molecule has 1 N–H and O–H groups in total. The zero-order valence-electron chi connectivity index (χ0n) is 10.4. The first kappa shape index (κ1) is 13.7. The Kier molecular flexibility index (Phi) is 5.12. The van der Waals surface area contributed by atoms with E-state index in [0.717, 1.165) is 12.5 Å². The van der Waals surface area contributed by atoms with E-state index in [-0.39, 0.29) is 11.7 Å². The lowest BCUT2D eigenvalue weighted by atomic mass is 10.1. The van der Waals surface area contributed by atoms with Crippen molar-refractivity contribution >= 4 is 5.82 Å². The molecule has 1 rings (SSSR count). The molecule has 3 nitrogen and oxygen atoms in total. The van der Waals surface area contributed by atoms with E-state index < -0.39 is 11.6 Å². The van der Waals surface area contributed by atoms with Crippen molar-refractivity contribution in [2.75, 3.05) is 18.5 Å². The highest BCUT2D eigenvalue weighted by Crippen LogP contribution is 2.21. The molecule has 0 aliphatic heterocycles. The van der Waals surface area contributed by atoms with Gasteiger partial charge in [-0.25, -0.2) is 8.78 Å². The topological polar surface area (TPSA) is 34.2 Å². The molecule has 5 heteroatoms. The van der Waals surface area contributed by atoms with Crippen molar-refractivity contribution in [3.63, 3.8) is 0 Å². The third kappa shape index (κ3) is 4.17. The van der Waals surface area contributed by atoms with E-state index in [4.69, 9.17) is 4.74 Å². The SMILES string of the molecule is CCNc1nc(OCCC(C)C)c(F)cc1F. The van der Waals surface area contributed by atoms with Crippen LogP contribution in [0.1, 0.15) is 27.2 Å². The van der Waals surface area contributed by atoms with Crippen LogP contribution < -0.4 is 10.1 Å². The summed E-state index contributed by atoms with van der Waals surface area (Å²) in [5.74, 6) is -1.14. The molecule has 0 aliphatic rings. The lowest BCUT2D eigenvalue weighted by molar-refractivity contribution is 0.265. The maximum atomic E-state index is 13.3. The fourth-order valence-electron chi connectivity index (χ4n) is 1.23. The Bertz CT molecular complexity index is 370. The van der Waals surface area contributed by atoms with Gasteiger partial charge in [0, 0.05) is 12.6 Å². The average Bonchev–Trinajstić information content (AvgIpc) is 2.24. The van der Waals surface area contributed by atoms with E-state index in [9.17, 15) is 8.78 Å². The number of nitrogens with zero attached hydrogens (tertiary/aromatic N) is 1. The quantitative estimate of drug-likeness (QED) is 0.834. The fourth-order valence-corrected chi connectivity index (χ4v) is 1.23. The predicted octanol–water partition coefficient (Wildman–Crippen LogP) is 3.22. The van der Waals surface area contributed by atoms with Gasteiger partial charge in [-0.3, -0.25) is 0 Å². The number of aromatic nitrogens is 1. The Labute approximate surface area is 100 Å². The monoisotopic (exact) mass is 244 g/mol. The summed E-state index contributed by atoms with van der Waals surface area (Å²) in [7, 11) is 0. The number of hydrogen-bond acceptors (Lipinski definition) is 3. The molecule has 17 heavy (non-hydrogen) atoms. The highest BCUT2D eigenvalue weighted by Gasteiger charge is 2.12. The molecule has 1 aromatic heterocycles. The van der Waals surface area contributed by atoms with Crippen LogP contribution in [0.2, 0.25) is 0 Å². The summed E-state index contributed by atoms with van der Waals surface area (Å²) < 4.78 is 31.8. The van der Waals surface area contributed by atoms with E-state index in [2.05, 4.69) is 10.3 Å². The van der Waals surface area contributed by atoms with Crippen molar-refractivity contribution in [2.45, 2.75) is 27.2 Å². The number of halogens is 2. The molecule has 0 saturated carbocycles. The van der Waals surface area contributed by atoms with Crippen LogP contribution in [0.3, 0.4) is 0 Å². The lowest BCUT2D eigenvalue weighted by Gasteiger charge is -2.10. The summed E-state index contributed by atoms with van der Waals surface area (Å²) in [4.78, 5) is 3.78. The molecule has 0 aromatic carbocycles. The second kappa shape index (κ2) is 6.37. The van der Waals surface area contributed by atoms with Gasteiger partial charge in [0.05, 0.1) is 6.61 Å². The lowest BCUT2D eigenvalue weighted by Crippen LogP contribution is -2.08. The van der Waals surface area contributed by atoms with Gasteiger partial charge in [0.15, 0.2) is 17.5 Å². The molecule has 0 unspecified atom stereocenters. The van der Waals surface area contributed by atoms with Crippen molar-refractivity contribution in [3.8, 4) is 5.88 Å². The Morgan fingerprint density at radius 1 is 1.35 bits per heavy atom. The van der Waals surface area contributed by atoms with Crippen LogP contribution in [0.15, 0.2) is 6.07 Å². The standard InChI is InChI=1S/C12H18F2N2O/c1-4-15-11-9(13)7-10(14)12(16-11)17-6-5-8(2)3/h7-8H,4-6H2,1-3H3,(H,15,16). The largest absolute Gasteiger partial charge is 0.476 e. The van der Waals surface area contributed by atoms with Crippen LogP contribution in [0, 0.1) is 17.6 Å². The van der Waals surface area contributed by atoms with Gasteiger partial charge < -0.3 is 10.1 Å². The van der Waals surface area contributed by atoms with Gasteiger partial charge >= 0.3 is 0 Å². The fraction of sp³-hybridized carbons (Fsp3) is 0.583. The third-order valence-electron chi connectivity index (χ3n) is 2.18. The molecule has 0 spiro atoms. The zero-order valence-corrected chi connectivity index (χ0v) is 10.4. The molecular formula is C12H18F2N2O. The zero-order chi connectivity index (χ0) is 12.8. The first-order chi connectivity index (χ1) is 8.04. The number of nitrogens with one attached hydrogen (secondary N) is 1. The summed E-state index contributed by atoms with van der Waals surface area (Å²) >= 11 is 0. The number of rotatable bonds is 6. The molecule has 0 amide bonds. The van der Waals surface area contributed by atoms with Gasteiger partial charge in [0.1, 0.15) is 0 Å². The van der Waals surface area contributed by atoms with Gasteiger partial charge in [-0.15, -0.1) is 0 Å². The van der Waals surface area contributed by atoms with Crippen molar-refractivity contribution in [1.29, 1.82) is 0 Å². The summed E-state index contributed by atoms with van der Waals surface area (Å²) in [6.45, 7) is 6.79. The molecule has 0 radical (unpaired) electrons. The highest BCUT2D eigenvalue weighted by molar-refractivity contribution is 5.39. The first-order valence-corrected chi connectivity index (χ1v) is 5.77. The van der Waals surface area contributed by atoms with Crippen molar-refractivity contribution < 1.29 is 13.5 Å². The number of hydrogen-bond donors (Lipinski definition) is 1. The van der Waals surface area contributed by atoms with E-state index in [1.165, 1.54) is 0 Å². The van der Waals surface area contributed by atoms with E-state index in [1.54, 1.807) is 0 Å². The molecule has 1 aromatic rings. The normalized spacial score (nSPS) is 10.7. The Morgan fingerprint density at radius 2 is 2.06 bits per heavy atom. The number of ether oxygens (including phenoxy) is 1. The van der Waals surface area contributed by atoms with Gasteiger partial charge in [0.25, 0.3) is 5.88 Å². The third-order valence-corrected chi connectivity index (χ3v) is 2.18. The summed E-state index contributed by atoms with van der Waals surface area (Å²) in [6, 6.07) is 0.787. The Hall–Kier alpha value is -1.39. The average molecular weight is 244 g/mol.